The van der Waals surface area contributed by atoms with Crippen LogP contribution in [0.2, 0.25) is 0 Å². The number of carbonyl (C=O) groups is 2. The van der Waals surface area contributed by atoms with Crippen LogP contribution in [0.25, 0.3) is 0 Å². The van der Waals surface area contributed by atoms with Crippen molar-refractivity contribution in [2.24, 2.45) is 0 Å². The van der Waals surface area contributed by atoms with Crippen LogP contribution in [0.4, 0.5) is 4.79 Å². The molecule has 1 N–H and O–H groups in total. The third-order valence-corrected chi connectivity index (χ3v) is 7.76. The lowest BCUT2D eigenvalue weighted by molar-refractivity contribution is -0.129. The molecule has 0 saturated carbocycles. The van der Waals surface area contributed by atoms with Crippen molar-refractivity contribution < 1.29 is 18.0 Å². The first kappa shape index (κ1) is 21.7. The summed E-state index contributed by atoms with van der Waals surface area (Å²) in [6, 6.07) is 2.97. The van der Waals surface area contributed by atoms with Gasteiger partial charge in [0.25, 0.3) is 5.91 Å². The summed E-state index contributed by atoms with van der Waals surface area (Å²) in [5, 5.41) is 2.72. The second-order valence-corrected chi connectivity index (χ2v) is 9.82. The van der Waals surface area contributed by atoms with E-state index in [1.807, 2.05) is 44.7 Å². The fraction of sp³-hybridized carbons (Fsp3) is 0.600. The number of rotatable bonds is 6. The number of aryl methyl sites for hydroxylation is 3. The highest BCUT2D eigenvalue weighted by atomic mass is 32.2. The number of sulfonamides is 1. The van der Waals surface area contributed by atoms with Crippen molar-refractivity contribution in [2.75, 3.05) is 32.8 Å². The molecule has 2 fully saturated rings. The Balaban J connectivity index is 1.65. The molecule has 2 aliphatic rings. The monoisotopic (exact) mass is 422 g/mol. The van der Waals surface area contributed by atoms with Gasteiger partial charge in [-0.1, -0.05) is 31.0 Å². The normalized spacial score (nSPS) is 21.7. The molecule has 1 aromatic carbocycles. The molecule has 3 amide bonds. The van der Waals surface area contributed by atoms with Gasteiger partial charge in [0, 0.05) is 26.2 Å². The van der Waals surface area contributed by atoms with Crippen LogP contribution in [0.3, 0.4) is 0 Å². The maximum atomic E-state index is 13.2. The van der Waals surface area contributed by atoms with Gasteiger partial charge < -0.3 is 5.32 Å². The Kier molecular flexibility index (Phi) is 6.30. The zero-order valence-electron chi connectivity index (χ0n) is 17.6. The molecule has 0 bridgehead atoms. The quantitative estimate of drug-likeness (QED) is 0.704. The predicted octanol–water partition coefficient (Wildman–Crippen LogP) is 1.60. The van der Waals surface area contributed by atoms with Gasteiger partial charge in [-0.05, 0) is 38.3 Å². The van der Waals surface area contributed by atoms with Gasteiger partial charge in [-0.3, -0.25) is 9.69 Å². The van der Waals surface area contributed by atoms with Gasteiger partial charge in [0.15, 0.2) is 0 Å². The first-order valence-corrected chi connectivity index (χ1v) is 11.5. The topological polar surface area (TPSA) is 90.0 Å². The van der Waals surface area contributed by atoms with Gasteiger partial charge >= 0.3 is 6.03 Å². The molecule has 0 aliphatic carbocycles. The fourth-order valence-electron chi connectivity index (χ4n) is 4.21. The fourth-order valence-corrected chi connectivity index (χ4v) is 6.04. The Morgan fingerprint density at radius 1 is 1.03 bits per heavy atom. The molecule has 0 spiro atoms. The summed E-state index contributed by atoms with van der Waals surface area (Å²) in [4.78, 5) is 28.1. The van der Waals surface area contributed by atoms with Crippen LogP contribution < -0.4 is 5.32 Å². The van der Waals surface area contributed by atoms with Crippen LogP contribution in [-0.4, -0.2) is 73.4 Å². The highest BCUT2D eigenvalue weighted by Gasteiger charge is 2.39. The number of benzene rings is 1. The first-order chi connectivity index (χ1) is 13.6. The van der Waals surface area contributed by atoms with Crippen LogP contribution in [0, 0.1) is 20.8 Å². The van der Waals surface area contributed by atoms with Crippen LogP contribution >= 0.6 is 0 Å². The molecule has 29 heavy (non-hydrogen) atoms. The zero-order valence-corrected chi connectivity index (χ0v) is 18.4. The van der Waals surface area contributed by atoms with Crippen molar-refractivity contribution in [3.8, 4) is 0 Å². The Hall–Kier alpha value is -1.97. The number of hydrogen-bond donors (Lipinski definition) is 1. The molecule has 1 atom stereocenters. The highest BCUT2D eigenvalue weighted by molar-refractivity contribution is 7.89. The smallest absolute Gasteiger partial charge is 0.325 e. The molecule has 3 rings (SSSR count). The zero-order chi connectivity index (χ0) is 21.3. The Morgan fingerprint density at radius 3 is 2.17 bits per heavy atom. The number of nitrogens with one attached hydrogen (secondary N) is 1. The summed E-state index contributed by atoms with van der Waals surface area (Å²) >= 11 is 0. The molecule has 0 aromatic heterocycles. The molecule has 8 nitrogen and oxygen atoms in total. The van der Waals surface area contributed by atoms with Gasteiger partial charge in [0.2, 0.25) is 10.0 Å². The number of imide groups is 1. The summed E-state index contributed by atoms with van der Waals surface area (Å²) in [6.07, 6.45) is 1.45. The van der Waals surface area contributed by atoms with E-state index in [0.717, 1.165) is 23.1 Å². The van der Waals surface area contributed by atoms with Gasteiger partial charge in [-0.15, -0.1) is 0 Å². The van der Waals surface area contributed by atoms with Gasteiger partial charge in [-0.2, -0.15) is 4.31 Å². The van der Waals surface area contributed by atoms with E-state index in [1.54, 1.807) is 0 Å². The molecular formula is C20H30N4O4S. The number of carbonyl (C=O) groups excluding carboxylic acids is 2. The maximum absolute atomic E-state index is 13.2. The van der Waals surface area contributed by atoms with Crippen LogP contribution in [0.1, 0.15) is 36.5 Å². The lowest BCUT2D eigenvalue weighted by Crippen LogP contribution is -2.52. The van der Waals surface area contributed by atoms with Crippen LogP contribution in [0.15, 0.2) is 17.0 Å². The summed E-state index contributed by atoms with van der Waals surface area (Å²) < 4.78 is 27.9. The minimum atomic E-state index is -3.58. The number of urea groups is 1. The second-order valence-electron chi connectivity index (χ2n) is 7.95. The highest BCUT2D eigenvalue weighted by Crippen LogP contribution is 2.26. The van der Waals surface area contributed by atoms with Crippen molar-refractivity contribution >= 4 is 22.0 Å². The molecule has 160 valence electrons. The van der Waals surface area contributed by atoms with E-state index in [4.69, 9.17) is 0 Å². The summed E-state index contributed by atoms with van der Waals surface area (Å²) in [5.41, 5.74) is 2.55. The molecule has 1 aromatic rings. The summed E-state index contributed by atoms with van der Waals surface area (Å²) in [6.45, 7) is 9.38. The molecule has 0 radical (unpaired) electrons. The van der Waals surface area contributed by atoms with E-state index in [9.17, 15) is 18.0 Å². The molecule has 2 aliphatic heterocycles. The number of piperazine rings is 1. The Labute approximate surface area is 172 Å². The van der Waals surface area contributed by atoms with Crippen molar-refractivity contribution in [3.05, 3.63) is 28.8 Å². The van der Waals surface area contributed by atoms with E-state index in [0.29, 0.717) is 37.5 Å². The Bertz CT molecular complexity index is 884. The molecule has 9 heteroatoms. The molecular weight excluding hydrogens is 392 g/mol. The lowest BCUT2D eigenvalue weighted by Gasteiger charge is -2.35. The Morgan fingerprint density at radius 2 is 1.62 bits per heavy atom. The largest absolute Gasteiger partial charge is 0.326 e. The van der Waals surface area contributed by atoms with E-state index in [2.05, 4.69) is 5.32 Å². The minimum Gasteiger partial charge on any atom is -0.326 e. The van der Waals surface area contributed by atoms with Crippen molar-refractivity contribution in [1.29, 1.82) is 0 Å². The SMILES string of the molecule is CCC[C@@H]1NC(=O)N(CN2CCN(S(=O)(=O)c3c(C)cc(C)cc3C)CC2)C1=O. The number of hydrogen-bond acceptors (Lipinski definition) is 5. The average molecular weight is 423 g/mol. The number of nitrogens with zero attached hydrogens (tertiary/aromatic N) is 3. The van der Waals surface area contributed by atoms with E-state index < -0.39 is 16.1 Å². The predicted molar refractivity (Wildman–Crippen MR) is 110 cm³/mol. The first-order valence-electron chi connectivity index (χ1n) is 10.1. The summed E-state index contributed by atoms with van der Waals surface area (Å²) in [5.74, 6) is -0.196. The van der Waals surface area contributed by atoms with E-state index >= 15 is 0 Å². The van der Waals surface area contributed by atoms with Crippen molar-refractivity contribution in [2.45, 2.75) is 51.5 Å². The second kappa shape index (κ2) is 8.41. The maximum Gasteiger partial charge on any atom is 0.325 e. The van der Waals surface area contributed by atoms with Gasteiger partial charge in [0.1, 0.15) is 6.04 Å². The summed E-state index contributed by atoms with van der Waals surface area (Å²) in [7, 11) is -3.58. The number of amides is 3. The van der Waals surface area contributed by atoms with Crippen molar-refractivity contribution in [1.82, 2.24) is 19.4 Å². The lowest BCUT2D eigenvalue weighted by atomic mass is 10.1. The van der Waals surface area contributed by atoms with Gasteiger partial charge in [0.05, 0.1) is 11.6 Å². The minimum absolute atomic E-state index is 0.196. The average Bonchev–Trinajstić information content (AvgIpc) is 2.89. The molecule has 2 saturated heterocycles. The third kappa shape index (κ3) is 4.31. The van der Waals surface area contributed by atoms with E-state index in [1.165, 1.54) is 9.21 Å². The van der Waals surface area contributed by atoms with E-state index in [-0.39, 0.29) is 18.6 Å². The van der Waals surface area contributed by atoms with Crippen LogP contribution in [0.5, 0.6) is 0 Å². The molecule has 0 unspecified atom stereocenters. The molecule has 2 heterocycles. The third-order valence-electron chi connectivity index (χ3n) is 5.56. The van der Waals surface area contributed by atoms with Crippen LogP contribution in [-0.2, 0) is 14.8 Å². The van der Waals surface area contributed by atoms with Crippen molar-refractivity contribution in [3.63, 3.8) is 0 Å². The standard InChI is InChI=1S/C20H30N4O4S/c1-5-6-17-19(25)24(20(26)21-17)13-22-7-9-23(10-8-22)29(27,28)18-15(3)11-14(2)12-16(18)4/h11-12,17H,5-10,13H2,1-4H3,(H,21,26)/t17-/m0/s1. The van der Waals surface area contributed by atoms with Gasteiger partial charge in [-0.25, -0.2) is 18.1 Å².